The first kappa shape index (κ1) is 15.3. The molecule has 0 aliphatic rings. The molecule has 110 valence electrons. The minimum absolute atomic E-state index is 0.0349. The van der Waals surface area contributed by atoms with Gasteiger partial charge >= 0.3 is 5.69 Å². The first-order valence-corrected chi connectivity index (χ1v) is 6.85. The van der Waals surface area contributed by atoms with Crippen LogP contribution in [0.3, 0.4) is 0 Å². The number of nitro groups is 1. The monoisotopic (exact) mass is 308 g/mol. The van der Waals surface area contributed by atoms with E-state index in [1.54, 1.807) is 12.1 Å². The van der Waals surface area contributed by atoms with E-state index >= 15 is 0 Å². The van der Waals surface area contributed by atoms with Crippen molar-refractivity contribution in [1.29, 1.82) is 0 Å². The van der Waals surface area contributed by atoms with Gasteiger partial charge in [-0.2, -0.15) is 4.39 Å². The number of anilines is 1. The smallest absolute Gasteiger partial charge is 0.306 e. The van der Waals surface area contributed by atoms with E-state index < -0.39 is 16.4 Å². The molecule has 2 aromatic carbocycles. The van der Waals surface area contributed by atoms with Gasteiger partial charge in [-0.1, -0.05) is 30.7 Å². The molecule has 1 unspecified atom stereocenters. The Bertz CT molecular complexity index is 647. The van der Waals surface area contributed by atoms with Crippen molar-refractivity contribution in [2.24, 2.45) is 0 Å². The number of benzene rings is 2. The molecule has 1 atom stereocenters. The molecule has 0 aliphatic heterocycles. The van der Waals surface area contributed by atoms with Crippen molar-refractivity contribution < 1.29 is 9.31 Å². The second-order valence-electron chi connectivity index (χ2n) is 4.58. The molecule has 2 rings (SSSR count). The van der Waals surface area contributed by atoms with E-state index in [-0.39, 0.29) is 6.04 Å². The highest BCUT2D eigenvalue weighted by molar-refractivity contribution is 6.30. The van der Waals surface area contributed by atoms with Gasteiger partial charge in [0.15, 0.2) is 0 Å². The Balaban J connectivity index is 2.24. The summed E-state index contributed by atoms with van der Waals surface area (Å²) in [6.07, 6.45) is 0.771. The van der Waals surface area contributed by atoms with Crippen LogP contribution in [-0.2, 0) is 0 Å². The first-order valence-electron chi connectivity index (χ1n) is 6.47. The normalized spacial score (nSPS) is 12.0. The molecule has 0 amide bonds. The van der Waals surface area contributed by atoms with Crippen LogP contribution in [0.25, 0.3) is 0 Å². The molecule has 0 saturated heterocycles. The molecule has 0 saturated carbocycles. The van der Waals surface area contributed by atoms with Gasteiger partial charge in [0.25, 0.3) is 0 Å². The fraction of sp³-hybridized carbons (Fsp3) is 0.200. The Labute approximate surface area is 126 Å². The van der Waals surface area contributed by atoms with Gasteiger partial charge in [0, 0.05) is 16.8 Å². The summed E-state index contributed by atoms with van der Waals surface area (Å²) in [5, 5.41) is 14.6. The van der Waals surface area contributed by atoms with E-state index in [4.69, 9.17) is 11.6 Å². The third-order valence-corrected chi connectivity index (χ3v) is 3.42. The van der Waals surface area contributed by atoms with Gasteiger partial charge in [-0.25, -0.2) is 0 Å². The molecule has 0 fully saturated rings. The lowest BCUT2D eigenvalue weighted by atomic mass is 10.0. The van der Waals surface area contributed by atoms with Crippen LogP contribution < -0.4 is 5.32 Å². The number of hydrogen-bond acceptors (Lipinski definition) is 3. The van der Waals surface area contributed by atoms with Crippen LogP contribution in [0, 0.1) is 15.9 Å². The average molecular weight is 309 g/mol. The Kier molecular flexibility index (Phi) is 4.75. The van der Waals surface area contributed by atoms with Crippen LogP contribution in [0.15, 0.2) is 42.5 Å². The van der Waals surface area contributed by atoms with Gasteiger partial charge in [0.2, 0.25) is 5.82 Å². The van der Waals surface area contributed by atoms with Crippen LogP contribution in [0.1, 0.15) is 24.9 Å². The molecule has 0 bridgehead atoms. The summed E-state index contributed by atoms with van der Waals surface area (Å²) in [4.78, 5) is 10.0. The van der Waals surface area contributed by atoms with Crippen LogP contribution in [0.4, 0.5) is 15.8 Å². The van der Waals surface area contributed by atoms with Gasteiger partial charge in [0.1, 0.15) is 0 Å². The maximum atomic E-state index is 13.3. The van der Waals surface area contributed by atoms with Crippen LogP contribution in [-0.4, -0.2) is 4.92 Å². The van der Waals surface area contributed by atoms with Crippen molar-refractivity contribution in [3.8, 4) is 0 Å². The van der Waals surface area contributed by atoms with Gasteiger partial charge in [-0.15, -0.1) is 0 Å². The summed E-state index contributed by atoms with van der Waals surface area (Å²) in [7, 11) is 0. The Hall–Kier alpha value is -2.14. The molecule has 0 heterocycles. The quantitative estimate of drug-likeness (QED) is 0.628. The molecule has 0 aliphatic carbocycles. The highest BCUT2D eigenvalue weighted by Crippen LogP contribution is 2.27. The lowest BCUT2D eigenvalue weighted by Crippen LogP contribution is -2.10. The standard InChI is InChI=1S/C15H14ClFN2O2/c1-2-14(10-3-5-11(16)6-4-10)18-12-7-8-13(17)15(9-12)19(20)21/h3-9,14,18H,2H2,1H3. The highest BCUT2D eigenvalue weighted by atomic mass is 35.5. The largest absolute Gasteiger partial charge is 0.378 e. The maximum Gasteiger partial charge on any atom is 0.306 e. The SMILES string of the molecule is CCC(Nc1ccc(F)c([N+](=O)[O-])c1)c1ccc(Cl)cc1. The topological polar surface area (TPSA) is 55.2 Å². The molecule has 21 heavy (non-hydrogen) atoms. The van der Waals surface area contributed by atoms with E-state index in [2.05, 4.69) is 5.32 Å². The first-order chi connectivity index (χ1) is 10.0. The zero-order valence-electron chi connectivity index (χ0n) is 11.3. The van der Waals surface area contributed by atoms with Crippen molar-refractivity contribution in [3.05, 3.63) is 69.0 Å². The molecule has 0 aromatic heterocycles. The van der Waals surface area contributed by atoms with E-state index in [9.17, 15) is 14.5 Å². The lowest BCUT2D eigenvalue weighted by molar-refractivity contribution is -0.387. The molecule has 2 aromatic rings. The maximum absolute atomic E-state index is 13.3. The van der Waals surface area contributed by atoms with Gasteiger partial charge in [-0.05, 0) is 36.2 Å². The predicted octanol–water partition coefficient (Wildman–Crippen LogP) is 4.95. The summed E-state index contributed by atoms with van der Waals surface area (Å²) in [5.74, 6) is -0.843. The molecular formula is C15H14ClFN2O2. The summed E-state index contributed by atoms with van der Waals surface area (Å²) >= 11 is 5.86. The zero-order valence-corrected chi connectivity index (χ0v) is 12.1. The van der Waals surface area contributed by atoms with Gasteiger partial charge < -0.3 is 5.32 Å². The Morgan fingerprint density at radius 2 is 1.95 bits per heavy atom. The summed E-state index contributed by atoms with van der Waals surface area (Å²) in [5.41, 5.74) is 0.977. The molecule has 0 spiro atoms. The van der Waals surface area contributed by atoms with E-state index in [1.165, 1.54) is 12.1 Å². The number of nitro benzene ring substituents is 1. The van der Waals surface area contributed by atoms with E-state index in [1.807, 2.05) is 19.1 Å². The Morgan fingerprint density at radius 1 is 1.29 bits per heavy atom. The van der Waals surface area contributed by atoms with Gasteiger partial charge in [0.05, 0.1) is 11.0 Å². The van der Waals surface area contributed by atoms with Crippen molar-refractivity contribution in [1.82, 2.24) is 0 Å². The van der Waals surface area contributed by atoms with Crippen LogP contribution in [0.2, 0.25) is 5.02 Å². The van der Waals surface area contributed by atoms with Crippen molar-refractivity contribution >= 4 is 23.0 Å². The molecule has 6 heteroatoms. The Morgan fingerprint density at radius 3 is 2.52 bits per heavy atom. The van der Waals surface area contributed by atoms with E-state index in [0.717, 1.165) is 18.1 Å². The van der Waals surface area contributed by atoms with E-state index in [0.29, 0.717) is 10.7 Å². The van der Waals surface area contributed by atoms with Crippen molar-refractivity contribution in [3.63, 3.8) is 0 Å². The number of hydrogen-bond donors (Lipinski definition) is 1. The minimum atomic E-state index is -0.843. The summed E-state index contributed by atoms with van der Waals surface area (Å²) < 4.78 is 13.3. The summed E-state index contributed by atoms with van der Waals surface area (Å²) in [6, 6.07) is 11.1. The van der Waals surface area contributed by atoms with Crippen LogP contribution >= 0.6 is 11.6 Å². The highest BCUT2D eigenvalue weighted by Gasteiger charge is 2.16. The van der Waals surface area contributed by atoms with Gasteiger partial charge in [-0.3, -0.25) is 10.1 Å². The predicted molar refractivity (Wildman–Crippen MR) is 81.2 cm³/mol. The summed E-state index contributed by atoms with van der Waals surface area (Å²) in [6.45, 7) is 1.99. The second-order valence-corrected chi connectivity index (χ2v) is 5.02. The number of rotatable bonds is 5. The molecule has 0 radical (unpaired) electrons. The minimum Gasteiger partial charge on any atom is -0.378 e. The lowest BCUT2D eigenvalue weighted by Gasteiger charge is -2.18. The fourth-order valence-electron chi connectivity index (χ4n) is 2.06. The third-order valence-electron chi connectivity index (χ3n) is 3.16. The zero-order chi connectivity index (χ0) is 15.4. The molecule has 1 N–H and O–H groups in total. The number of nitrogens with one attached hydrogen (secondary N) is 1. The van der Waals surface area contributed by atoms with Crippen molar-refractivity contribution in [2.75, 3.05) is 5.32 Å². The third kappa shape index (κ3) is 3.70. The fourth-order valence-corrected chi connectivity index (χ4v) is 2.19. The average Bonchev–Trinajstić information content (AvgIpc) is 2.47. The number of halogens is 2. The van der Waals surface area contributed by atoms with Crippen molar-refractivity contribution in [2.45, 2.75) is 19.4 Å². The molecular weight excluding hydrogens is 295 g/mol. The molecule has 4 nitrogen and oxygen atoms in total. The van der Waals surface area contributed by atoms with Crippen LogP contribution in [0.5, 0.6) is 0 Å². The number of nitrogens with zero attached hydrogens (tertiary/aromatic N) is 1. The second kappa shape index (κ2) is 6.54.